The zero-order valence-electron chi connectivity index (χ0n) is 37.3. The van der Waals surface area contributed by atoms with Crippen molar-refractivity contribution < 1.29 is 0 Å². The molecule has 1 aromatic heterocycles. The molecule has 13 rings (SSSR count). The van der Waals surface area contributed by atoms with E-state index in [1.54, 1.807) is 0 Å². The Bertz CT molecular complexity index is 4010. The second-order valence-electron chi connectivity index (χ2n) is 17.6. The third-order valence-electron chi connectivity index (χ3n) is 13.8. The van der Waals surface area contributed by atoms with Gasteiger partial charge < -0.3 is 9.47 Å². The van der Waals surface area contributed by atoms with E-state index in [9.17, 15) is 0 Å². The highest BCUT2D eigenvalue weighted by Crippen LogP contribution is 2.48. The molecule has 0 saturated carbocycles. The Labute approximate surface area is 395 Å². The quantitative estimate of drug-likeness (QED) is 0.138. The number of benzene rings is 12. The van der Waals surface area contributed by atoms with Gasteiger partial charge in [0.2, 0.25) is 0 Å². The van der Waals surface area contributed by atoms with E-state index < -0.39 is 0 Å². The predicted molar refractivity (Wildman–Crippen MR) is 290 cm³/mol. The lowest BCUT2D eigenvalue weighted by atomic mass is 9.90. The van der Waals surface area contributed by atoms with Crippen LogP contribution < -0.4 is 4.90 Å². The molecule has 0 N–H and O–H groups in total. The van der Waals surface area contributed by atoms with Crippen LogP contribution >= 0.6 is 0 Å². The van der Waals surface area contributed by atoms with Crippen molar-refractivity contribution in [2.24, 2.45) is 0 Å². The molecule has 0 spiro atoms. The molecule has 0 aliphatic rings. The van der Waals surface area contributed by atoms with Crippen molar-refractivity contribution >= 4 is 71.2 Å². The topological polar surface area (TPSA) is 8.17 Å². The number of hydrogen-bond acceptors (Lipinski definition) is 1. The molecule has 2 nitrogen and oxygen atoms in total. The lowest BCUT2D eigenvalue weighted by Gasteiger charge is -2.30. The molecule has 318 valence electrons. The third kappa shape index (κ3) is 6.57. The zero-order valence-corrected chi connectivity index (χ0v) is 37.3. The van der Waals surface area contributed by atoms with Crippen LogP contribution in [-0.2, 0) is 0 Å². The summed E-state index contributed by atoms with van der Waals surface area (Å²) < 4.78 is 2.41. The molecule has 0 aliphatic heterocycles. The van der Waals surface area contributed by atoms with Gasteiger partial charge >= 0.3 is 0 Å². The molecule has 68 heavy (non-hydrogen) atoms. The predicted octanol–water partition coefficient (Wildman–Crippen LogP) is 18.4. The third-order valence-corrected chi connectivity index (χ3v) is 13.8. The fourth-order valence-corrected chi connectivity index (χ4v) is 10.7. The first kappa shape index (κ1) is 39.4. The molecular formula is C66H44N2. The van der Waals surface area contributed by atoms with E-state index in [2.05, 4.69) is 276 Å². The van der Waals surface area contributed by atoms with E-state index >= 15 is 0 Å². The minimum absolute atomic E-state index is 1.07. The normalized spacial score (nSPS) is 11.5. The first-order valence-corrected chi connectivity index (χ1v) is 23.4. The highest BCUT2D eigenvalue weighted by molar-refractivity contribution is 6.13. The Morgan fingerprint density at radius 1 is 0.265 bits per heavy atom. The van der Waals surface area contributed by atoms with Gasteiger partial charge in [0.15, 0.2) is 0 Å². The van der Waals surface area contributed by atoms with Crippen molar-refractivity contribution in [2.75, 3.05) is 4.90 Å². The Hall–Kier alpha value is -8.98. The van der Waals surface area contributed by atoms with Crippen LogP contribution in [0.15, 0.2) is 267 Å². The van der Waals surface area contributed by atoms with Gasteiger partial charge in [0.25, 0.3) is 0 Å². The first-order chi connectivity index (χ1) is 33.8. The summed E-state index contributed by atoms with van der Waals surface area (Å²) in [4.78, 5) is 2.48. The molecule has 0 radical (unpaired) electrons. The number of anilines is 3. The second-order valence-corrected chi connectivity index (χ2v) is 17.6. The van der Waals surface area contributed by atoms with Crippen molar-refractivity contribution in [3.05, 3.63) is 267 Å². The fraction of sp³-hybridized carbons (Fsp3) is 0. The molecule has 13 aromatic rings. The average molecular weight is 865 g/mol. The number of fused-ring (bicyclic) bond motifs is 7. The molecule has 0 amide bonds. The summed E-state index contributed by atoms with van der Waals surface area (Å²) in [5.41, 5.74) is 16.2. The van der Waals surface area contributed by atoms with Crippen LogP contribution in [0.4, 0.5) is 17.1 Å². The van der Waals surface area contributed by atoms with Crippen molar-refractivity contribution in [2.45, 2.75) is 0 Å². The Kier molecular flexibility index (Phi) is 9.54. The fourth-order valence-electron chi connectivity index (χ4n) is 10.7. The standard InChI is InChI=1S/C66H44N2/c1-3-18-45(19-4-1)55-30-15-21-48-22-16-32-61(66(48)55)59-28-11-14-35-64(59)67(51-40-36-47(37-41-51)53-29-17-31-56-52-25-8-7-20-46(52)38-42-57(53)56)62-33-12-9-26-54(62)49-39-43-60-58-27-10-13-34-63(58)68(65(60)44-49)50-23-5-2-6-24-50/h1-44H. The van der Waals surface area contributed by atoms with E-state index in [0.717, 1.165) is 39.4 Å². The van der Waals surface area contributed by atoms with Crippen LogP contribution in [0.2, 0.25) is 0 Å². The van der Waals surface area contributed by atoms with Crippen LogP contribution in [0.3, 0.4) is 0 Å². The maximum absolute atomic E-state index is 2.48. The lowest BCUT2D eigenvalue weighted by Crippen LogP contribution is -2.12. The second kappa shape index (κ2) is 16.5. The summed E-state index contributed by atoms with van der Waals surface area (Å²) in [6, 6.07) is 97.6. The maximum atomic E-state index is 2.48. The Morgan fingerprint density at radius 2 is 0.794 bits per heavy atom. The van der Waals surface area contributed by atoms with Gasteiger partial charge in [-0.05, 0) is 114 Å². The Morgan fingerprint density at radius 3 is 1.60 bits per heavy atom. The minimum Gasteiger partial charge on any atom is -0.309 e. The molecule has 0 atom stereocenters. The van der Waals surface area contributed by atoms with Crippen LogP contribution in [-0.4, -0.2) is 4.57 Å². The van der Waals surface area contributed by atoms with Crippen LogP contribution in [0.25, 0.3) is 104 Å². The van der Waals surface area contributed by atoms with Gasteiger partial charge in [-0.15, -0.1) is 0 Å². The number of rotatable bonds is 8. The Balaban J connectivity index is 1.03. The average Bonchev–Trinajstić information content (AvgIpc) is 3.75. The highest BCUT2D eigenvalue weighted by Gasteiger charge is 2.23. The van der Waals surface area contributed by atoms with Crippen LogP contribution in [0.1, 0.15) is 0 Å². The summed E-state index contributed by atoms with van der Waals surface area (Å²) in [6.45, 7) is 0. The van der Waals surface area contributed by atoms with E-state index in [-0.39, 0.29) is 0 Å². The largest absolute Gasteiger partial charge is 0.309 e. The number of para-hydroxylation sites is 4. The number of aromatic nitrogens is 1. The SMILES string of the molecule is c1ccc(-c2cccc3cccc(-c4ccccc4N(c4ccc(-c5cccc6c5ccc5ccccc56)cc4)c4ccccc4-c4ccc5c6ccccc6n(-c6ccccc6)c5c4)c23)cc1. The molecule has 12 aromatic carbocycles. The van der Waals surface area contributed by atoms with Crippen molar-refractivity contribution in [1.82, 2.24) is 4.57 Å². The number of hydrogen-bond donors (Lipinski definition) is 0. The number of nitrogens with zero attached hydrogens (tertiary/aromatic N) is 2. The van der Waals surface area contributed by atoms with E-state index in [1.807, 2.05) is 0 Å². The molecule has 0 fully saturated rings. The van der Waals surface area contributed by atoms with Gasteiger partial charge in [0.1, 0.15) is 0 Å². The summed E-state index contributed by atoms with van der Waals surface area (Å²) in [5, 5.41) is 9.96. The maximum Gasteiger partial charge on any atom is 0.0547 e. The molecule has 2 heteroatoms. The van der Waals surface area contributed by atoms with Crippen LogP contribution in [0.5, 0.6) is 0 Å². The summed E-state index contributed by atoms with van der Waals surface area (Å²) in [5.74, 6) is 0. The van der Waals surface area contributed by atoms with E-state index in [4.69, 9.17) is 0 Å². The summed E-state index contributed by atoms with van der Waals surface area (Å²) >= 11 is 0. The molecule has 0 saturated heterocycles. The highest BCUT2D eigenvalue weighted by atomic mass is 15.1. The van der Waals surface area contributed by atoms with Gasteiger partial charge in [0, 0.05) is 33.3 Å². The van der Waals surface area contributed by atoms with Gasteiger partial charge in [-0.2, -0.15) is 0 Å². The smallest absolute Gasteiger partial charge is 0.0547 e. The lowest BCUT2D eigenvalue weighted by molar-refractivity contribution is 1.18. The van der Waals surface area contributed by atoms with Gasteiger partial charge in [0.05, 0.1) is 22.4 Å². The van der Waals surface area contributed by atoms with E-state index in [1.165, 1.54) is 81.9 Å². The molecular weight excluding hydrogens is 821 g/mol. The minimum atomic E-state index is 1.07. The van der Waals surface area contributed by atoms with Crippen LogP contribution in [0, 0.1) is 0 Å². The molecule has 0 aliphatic carbocycles. The van der Waals surface area contributed by atoms with Crippen molar-refractivity contribution in [3.8, 4) is 50.2 Å². The molecule has 1 heterocycles. The first-order valence-electron chi connectivity index (χ1n) is 23.4. The molecule has 0 unspecified atom stereocenters. The monoisotopic (exact) mass is 864 g/mol. The van der Waals surface area contributed by atoms with E-state index in [0.29, 0.717) is 0 Å². The van der Waals surface area contributed by atoms with Gasteiger partial charge in [-0.3, -0.25) is 0 Å². The summed E-state index contributed by atoms with van der Waals surface area (Å²) in [7, 11) is 0. The van der Waals surface area contributed by atoms with Crippen molar-refractivity contribution in [3.63, 3.8) is 0 Å². The summed E-state index contributed by atoms with van der Waals surface area (Å²) in [6.07, 6.45) is 0. The van der Waals surface area contributed by atoms with Crippen molar-refractivity contribution in [1.29, 1.82) is 0 Å². The zero-order chi connectivity index (χ0) is 45.0. The van der Waals surface area contributed by atoms with Gasteiger partial charge in [-0.25, -0.2) is 0 Å². The van der Waals surface area contributed by atoms with Gasteiger partial charge in [-0.1, -0.05) is 218 Å². The molecule has 0 bridgehead atoms.